The first-order valence-electron chi connectivity index (χ1n) is 12.4. The summed E-state index contributed by atoms with van der Waals surface area (Å²) in [5.74, 6) is -0.513. The van der Waals surface area contributed by atoms with Gasteiger partial charge in [-0.3, -0.25) is 24.2 Å². The summed E-state index contributed by atoms with van der Waals surface area (Å²) >= 11 is 6.76. The van der Waals surface area contributed by atoms with E-state index in [0.29, 0.717) is 44.2 Å². The molecule has 0 spiro atoms. The molecule has 2 aromatic rings. The molecule has 2 aliphatic heterocycles. The van der Waals surface area contributed by atoms with Crippen molar-refractivity contribution in [2.45, 2.75) is 46.5 Å². The molecule has 6 nitrogen and oxygen atoms in total. The number of hydrogen-bond acceptors (Lipinski definition) is 5. The Morgan fingerprint density at radius 1 is 1.03 bits per heavy atom. The second-order valence-corrected chi connectivity index (χ2v) is 10.9. The molecular weight excluding hydrogens is 490 g/mol. The van der Waals surface area contributed by atoms with Gasteiger partial charge < -0.3 is 5.32 Å². The highest BCUT2D eigenvalue weighted by Gasteiger charge is 2.42. The molecule has 188 valence electrons. The van der Waals surface area contributed by atoms with Gasteiger partial charge in [0.25, 0.3) is 11.8 Å². The number of fused-ring (bicyclic) bond motifs is 1. The molecule has 2 heterocycles. The second-order valence-electron chi connectivity index (χ2n) is 9.23. The largest absolute Gasteiger partial charge is 0.325 e. The summed E-state index contributed by atoms with van der Waals surface area (Å²) in [6, 6.07) is 14.8. The predicted octanol–water partition coefficient (Wildman–Crippen LogP) is 5.77. The average molecular weight is 522 g/mol. The first-order valence-corrected chi connectivity index (χ1v) is 13.6. The van der Waals surface area contributed by atoms with Gasteiger partial charge in [0.15, 0.2) is 0 Å². The number of aryl methyl sites for hydroxylation is 1. The lowest BCUT2D eigenvalue weighted by Crippen LogP contribution is -2.36. The fraction of sp³-hybridized carbons (Fsp3) is 0.357. The Labute approximate surface area is 222 Å². The van der Waals surface area contributed by atoms with Gasteiger partial charge in [0.05, 0.1) is 16.2 Å². The summed E-state index contributed by atoms with van der Waals surface area (Å²) in [6.07, 6.45) is 4.23. The van der Waals surface area contributed by atoms with Crippen molar-refractivity contribution in [3.63, 3.8) is 0 Å². The molecule has 3 amide bonds. The van der Waals surface area contributed by atoms with Crippen LogP contribution in [0, 0.1) is 12.8 Å². The van der Waals surface area contributed by atoms with E-state index in [0.717, 1.165) is 31.2 Å². The summed E-state index contributed by atoms with van der Waals surface area (Å²) in [6.45, 7) is 6.68. The lowest BCUT2D eigenvalue weighted by Gasteiger charge is -2.21. The number of hydrogen-bond donors (Lipinski definition) is 1. The third-order valence-corrected chi connectivity index (χ3v) is 8.07. The second kappa shape index (κ2) is 11.4. The van der Waals surface area contributed by atoms with Gasteiger partial charge in [0, 0.05) is 17.8 Å². The van der Waals surface area contributed by atoms with E-state index in [1.165, 1.54) is 16.7 Å². The molecule has 36 heavy (non-hydrogen) atoms. The molecular formula is C28H31N3O3S2. The number of carbonyl (C=O) groups is 3. The molecule has 2 aromatic carbocycles. The predicted molar refractivity (Wildman–Crippen MR) is 151 cm³/mol. The van der Waals surface area contributed by atoms with Gasteiger partial charge in [-0.15, -0.1) is 0 Å². The summed E-state index contributed by atoms with van der Waals surface area (Å²) in [4.78, 5) is 43.4. The Morgan fingerprint density at radius 2 is 1.75 bits per heavy atom. The van der Waals surface area contributed by atoms with Crippen LogP contribution in [0.1, 0.15) is 50.7 Å². The molecule has 1 unspecified atom stereocenters. The summed E-state index contributed by atoms with van der Waals surface area (Å²) in [5.41, 5.74) is 3.37. The normalized spacial score (nSPS) is 18.1. The van der Waals surface area contributed by atoms with Crippen LogP contribution in [0.2, 0.25) is 0 Å². The molecule has 2 aliphatic rings. The van der Waals surface area contributed by atoms with E-state index >= 15 is 0 Å². The van der Waals surface area contributed by atoms with E-state index in [9.17, 15) is 14.4 Å². The number of rotatable bonds is 9. The van der Waals surface area contributed by atoms with E-state index in [1.807, 2.05) is 49.4 Å². The smallest absolute Gasteiger partial charge is 0.267 e. The maximum atomic E-state index is 13.6. The number of nitrogens with zero attached hydrogens (tertiary/aromatic N) is 2. The minimum Gasteiger partial charge on any atom is -0.325 e. The molecule has 0 saturated carbocycles. The Bertz CT molecular complexity index is 1220. The Balaban J connectivity index is 1.58. The SMILES string of the molecule is CCCCC(CC)CN1C(=O)/C(=C2/C(=O)N(CC(=O)Nc3ccc(C)cc3)c3ccccc32)SC1=S. The molecule has 1 fully saturated rings. The Hall–Kier alpha value is -2.97. The van der Waals surface area contributed by atoms with Crippen LogP contribution in [0.25, 0.3) is 5.57 Å². The molecule has 1 saturated heterocycles. The van der Waals surface area contributed by atoms with Crippen LogP contribution in [0.3, 0.4) is 0 Å². The van der Waals surface area contributed by atoms with E-state index in [-0.39, 0.29) is 24.3 Å². The Kier molecular flexibility index (Phi) is 8.26. The molecule has 4 rings (SSSR count). The molecule has 1 atom stereocenters. The molecule has 0 aromatic heterocycles. The molecule has 8 heteroatoms. The van der Waals surface area contributed by atoms with E-state index in [1.54, 1.807) is 11.0 Å². The minimum absolute atomic E-state index is 0.150. The number of anilines is 2. The number of benzene rings is 2. The molecule has 0 aliphatic carbocycles. The highest BCUT2D eigenvalue weighted by atomic mass is 32.2. The number of carbonyl (C=O) groups excluding carboxylic acids is 3. The van der Waals surface area contributed by atoms with Gasteiger partial charge in [0.2, 0.25) is 5.91 Å². The van der Waals surface area contributed by atoms with Gasteiger partial charge >= 0.3 is 0 Å². The number of unbranched alkanes of at least 4 members (excludes halogenated alkanes) is 1. The van der Waals surface area contributed by atoms with E-state index in [4.69, 9.17) is 12.2 Å². The monoisotopic (exact) mass is 521 g/mol. The van der Waals surface area contributed by atoms with Crippen LogP contribution in [0.15, 0.2) is 53.4 Å². The molecule has 0 radical (unpaired) electrons. The van der Waals surface area contributed by atoms with Gasteiger partial charge in [-0.25, -0.2) is 0 Å². The van der Waals surface area contributed by atoms with Gasteiger partial charge in [-0.2, -0.15) is 0 Å². The van der Waals surface area contributed by atoms with Crippen LogP contribution in [-0.2, 0) is 14.4 Å². The van der Waals surface area contributed by atoms with Crippen molar-refractivity contribution in [2.75, 3.05) is 23.3 Å². The Morgan fingerprint density at radius 3 is 2.44 bits per heavy atom. The number of nitrogens with one attached hydrogen (secondary N) is 1. The van der Waals surface area contributed by atoms with E-state index in [2.05, 4.69) is 19.2 Å². The van der Waals surface area contributed by atoms with Crippen LogP contribution in [-0.4, -0.2) is 40.0 Å². The fourth-order valence-corrected chi connectivity index (χ4v) is 5.87. The molecule has 1 N–H and O–H groups in total. The zero-order valence-corrected chi connectivity index (χ0v) is 22.5. The highest BCUT2D eigenvalue weighted by molar-refractivity contribution is 8.26. The number of amides is 3. The van der Waals surface area contributed by atoms with Crippen molar-refractivity contribution in [3.05, 3.63) is 64.6 Å². The van der Waals surface area contributed by atoms with Crippen molar-refractivity contribution in [3.8, 4) is 0 Å². The summed E-state index contributed by atoms with van der Waals surface area (Å²) in [5, 5.41) is 2.85. The topological polar surface area (TPSA) is 69.7 Å². The lowest BCUT2D eigenvalue weighted by molar-refractivity contribution is -0.123. The number of para-hydroxylation sites is 1. The fourth-order valence-electron chi connectivity index (χ4n) is 4.52. The van der Waals surface area contributed by atoms with E-state index < -0.39 is 0 Å². The van der Waals surface area contributed by atoms with Crippen LogP contribution in [0.4, 0.5) is 11.4 Å². The van der Waals surface area contributed by atoms with Crippen LogP contribution >= 0.6 is 24.0 Å². The standard InChI is InChI=1S/C28H31N3O3S2/c1-4-6-9-19(5-2)16-31-27(34)25(36-28(31)35)24-21-10-7-8-11-22(21)30(26(24)33)17-23(32)29-20-14-12-18(3)13-15-20/h7-8,10-15,19H,4-6,9,16-17H2,1-3H3,(H,29,32)/b25-24-. The van der Waals surface area contributed by atoms with Crippen molar-refractivity contribution >= 4 is 63.0 Å². The van der Waals surface area contributed by atoms with Crippen LogP contribution < -0.4 is 10.2 Å². The third-order valence-electron chi connectivity index (χ3n) is 6.62. The maximum Gasteiger partial charge on any atom is 0.267 e. The maximum absolute atomic E-state index is 13.6. The zero-order valence-electron chi connectivity index (χ0n) is 20.9. The lowest BCUT2D eigenvalue weighted by atomic mass is 9.98. The van der Waals surface area contributed by atoms with Gasteiger partial charge in [-0.05, 0) is 37.5 Å². The van der Waals surface area contributed by atoms with Crippen LogP contribution in [0.5, 0.6) is 0 Å². The zero-order chi connectivity index (χ0) is 25.8. The van der Waals surface area contributed by atoms with Gasteiger partial charge in [-0.1, -0.05) is 93.0 Å². The molecule has 0 bridgehead atoms. The van der Waals surface area contributed by atoms with Crippen molar-refractivity contribution in [1.29, 1.82) is 0 Å². The summed E-state index contributed by atoms with van der Waals surface area (Å²) in [7, 11) is 0. The summed E-state index contributed by atoms with van der Waals surface area (Å²) < 4.78 is 0.485. The van der Waals surface area contributed by atoms with Crippen molar-refractivity contribution < 1.29 is 14.4 Å². The van der Waals surface area contributed by atoms with Gasteiger partial charge in [0.1, 0.15) is 10.9 Å². The third kappa shape index (κ3) is 5.39. The quantitative estimate of drug-likeness (QED) is 0.335. The van der Waals surface area contributed by atoms with Crippen molar-refractivity contribution in [2.24, 2.45) is 5.92 Å². The average Bonchev–Trinajstić information content (AvgIpc) is 3.30. The van der Waals surface area contributed by atoms with Crippen molar-refractivity contribution in [1.82, 2.24) is 4.90 Å². The highest BCUT2D eigenvalue weighted by Crippen LogP contribution is 2.44. The number of thiocarbonyl (C=S) groups is 1. The minimum atomic E-state index is -0.353. The first-order chi connectivity index (χ1) is 17.3. The number of thioether (sulfide) groups is 1. The first kappa shape index (κ1) is 26.1.